The highest BCUT2D eigenvalue weighted by atomic mass is 35.5. The number of para-hydroxylation sites is 1. The van der Waals surface area contributed by atoms with Crippen LogP contribution in [0.15, 0.2) is 24.3 Å². The zero-order chi connectivity index (χ0) is 12.3. The second-order valence-electron chi connectivity index (χ2n) is 3.62. The number of aliphatic carboxylic acids is 1. The van der Waals surface area contributed by atoms with E-state index < -0.39 is 12.0 Å². The van der Waals surface area contributed by atoms with Gasteiger partial charge >= 0.3 is 5.97 Å². The van der Waals surface area contributed by atoms with E-state index in [1.807, 2.05) is 12.1 Å². The summed E-state index contributed by atoms with van der Waals surface area (Å²) < 4.78 is 5.54. The Morgan fingerprint density at radius 3 is 3.00 bits per heavy atom. The number of carboxylic acid groups (broad SMARTS) is 1. The lowest BCUT2D eigenvalue weighted by Crippen LogP contribution is -2.38. The van der Waals surface area contributed by atoms with Crippen molar-refractivity contribution in [1.29, 1.82) is 0 Å². The molecule has 2 unspecified atom stereocenters. The number of ether oxygens (including phenoxy) is 1. The summed E-state index contributed by atoms with van der Waals surface area (Å²) in [6, 6.07) is 6.73. The molecule has 1 aliphatic rings. The monoisotopic (exact) mass is 273 g/mol. The van der Waals surface area contributed by atoms with E-state index in [4.69, 9.17) is 21.4 Å². The van der Waals surface area contributed by atoms with Crippen LogP contribution in [0, 0.1) is 0 Å². The first kappa shape index (κ1) is 12.5. The highest BCUT2D eigenvalue weighted by Gasteiger charge is 2.29. The third-order valence-corrected chi connectivity index (χ3v) is 3.89. The molecule has 0 radical (unpaired) electrons. The van der Waals surface area contributed by atoms with E-state index in [0.717, 1.165) is 0 Å². The normalized spacial score (nSPS) is 23.6. The lowest BCUT2D eigenvalue weighted by atomic mass is 10.3. The molecule has 1 aromatic carbocycles. The summed E-state index contributed by atoms with van der Waals surface area (Å²) in [5.41, 5.74) is 0. The molecule has 92 valence electrons. The number of carboxylic acids is 1. The van der Waals surface area contributed by atoms with Gasteiger partial charge in [-0.05, 0) is 12.1 Å². The quantitative estimate of drug-likeness (QED) is 0.877. The van der Waals surface area contributed by atoms with Crippen molar-refractivity contribution in [3.05, 3.63) is 29.3 Å². The predicted octanol–water partition coefficient (Wildman–Crippen LogP) is 1.83. The van der Waals surface area contributed by atoms with Gasteiger partial charge in [0.05, 0.1) is 10.4 Å². The SMILES string of the molecule is O=C(O)C1CSC(COc2ccccc2Cl)N1. The van der Waals surface area contributed by atoms with Gasteiger partial charge in [-0.3, -0.25) is 10.1 Å². The zero-order valence-electron chi connectivity index (χ0n) is 8.93. The van der Waals surface area contributed by atoms with Gasteiger partial charge in [0.15, 0.2) is 0 Å². The summed E-state index contributed by atoms with van der Waals surface area (Å²) in [6.45, 7) is 0.401. The number of hydrogen-bond donors (Lipinski definition) is 2. The van der Waals surface area contributed by atoms with Gasteiger partial charge in [0.2, 0.25) is 0 Å². The molecule has 0 aromatic heterocycles. The van der Waals surface area contributed by atoms with Crippen LogP contribution >= 0.6 is 23.4 Å². The third-order valence-electron chi connectivity index (χ3n) is 2.38. The molecule has 17 heavy (non-hydrogen) atoms. The summed E-state index contributed by atoms with van der Waals surface area (Å²) >= 11 is 7.49. The maximum absolute atomic E-state index is 10.7. The minimum absolute atomic E-state index is 0.00706. The fraction of sp³-hybridized carbons (Fsp3) is 0.364. The van der Waals surface area contributed by atoms with Crippen LogP contribution in [0.2, 0.25) is 5.02 Å². The number of halogens is 1. The van der Waals surface area contributed by atoms with Crippen molar-refractivity contribution in [2.24, 2.45) is 0 Å². The Hall–Kier alpha value is -0.910. The molecule has 4 nitrogen and oxygen atoms in total. The molecule has 2 atom stereocenters. The zero-order valence-corrected chi connectivity index (χ0v) is 10.5. The molecule has 2 rings (SSSR count). The van der Waals surface area contributed by atoms with E-state index in [-0.39, 0.29) is 5.37 Å². The Labute approximate surface area is 108 Å². The second-order valence-corrected chi connectivity index (χ2v) is 5.26. The molecule has 0 aliphatic carbocycles. The first-order valence-electron chi connectivity index (χ1n) is 5.14. The highest BCUT2D eigenvalue weighted by Crippen LogP contribution is 2.25. The molecule has 1 heterocycles. The van der Waals surface area contributed by atoms with Crippen LogP contribution in [-0.2, 0) is 4.79 Å². The van der Waals surface area contributed by atoms with E-state index in [2.05, 4.69) is 5.32 Å². The Bertz CT molecular complexity index is 415. The molecule has 1 fully saturated rings. The molecule has 0 saturated carbocycles. The van der Waals surface area contributed by atoms with Crippen molar-refractivity contribution in [2.75, 3.05) is 12.4 Å². The van der Waals surface area contributed by atoms with Gasteiger partial charge in [0, 0.05) is 5.75 Å². The fourth-order valence-corrected chi connectivity index (χ4v) is 2.78. The number of hydrogen-bond acceptors (Lipinski definition) is 4. The Morgan fingerprint density at radius 2 is 2.35 bits per heavy atom. The van der Waals surface area contributed by atoms with Gasteiger partial charge in [0.1, 0.15) is 18.4 Å². The molecule has 0 amide bonds. The van der Waals surface area contributed by atoms with Gasteiger partial charge in [-0.15, -0.1) is 11.8 Å². The highest BCUT2D eigenvalue weighted by molar-refractivity contribution is 8.00. The molecule has 2 N–H and O–H groups in total. The van der Waals surface area contributed by atoms with Crippen LogP contribution in [0.1, 0.15) is 0 Å². The standard InChI is InChI=1S/C11H12ClNO3S/c12-7-3-1-2-4-9(7)16-5-10-13-8(6-17-10)11(14)15/h1-4,8,10,13H,5-6H2,(H,14,15). The third kappa shape index (κ3) is 3.28. The van der Waals surface area contributed by atoms with Gasteiger partial charge in [-0.25, -0.2) is 0 Å². The maximum atomic E-state index is 10.7. The number of carbonyl (C=O) groups is 1. The smallest absolute Gasteiger partial charge is 0.321 e. The van der Waals surface area contributed by atoms with Crippen molar-refractivity contribution >= 4 is 29.3 Å². The Kier molecular flexibility index (Phi) is 4.15. The molecule has 6 heteroatoms. The van der Waals surface area contributed by atoms with E-state index in [9.17, 15) is 4.79 Å². The summed E-state index contributed by atoms with van der Waals surface area (Å²) in [6.07, 6.45) is 0. The second kappa shape index (κ2) is 5.62. The van der Waals surface area contributed by atoms with Gasteiger partial charge in [-0.2, -0.15) is 0 Å². The van der Waals surface area contributed by atoms with Crippen LogP contribution < -0.4 is 10.1 Å². The number of nitrogens with one attached hydrogen (secondary N) is 1. The number of thioether (sulfide) groups is 1. The molecule has 0 bridgehead atoms. The minimum atomic E-state index is -0.822. The van der Waals surface area contributed by atoms with Crippen molar-refractivity contribution < 1.29 is 14.6 Å². The maximum Gasteiger partial charge on any atom is 0.321 e. The van der Waals surface area contributed by atoms with E-state index in [1.165, 1.54) is 0 Å². The molecular formula is C11H12ClNO3S. The summed E-state index contributed by atoms with van der Waals surface area (Å²) in [5, 5.41) is 12.4. The first-order valence-corrected chi connectivity index (χ1v) is 6.57. The van der Waals surface area contributed by atoms with Crippen LogP contribution in [0.25, 0.3) is 0 Å². The summed E-state index contributed by atoms with van der Waals surface area (Å²) in [7, 11) is 0. The fourth-order valence-electron chi connectivity index (χ4n) is 1.50. The summed E-state index contributed by atoms with van der Waals surface area (Å²) in [4.78, 5) is 10.7. The van der Waals surface area contributed by atoms with Crippen molar-refractivity contribution in [3.8, 4) is 5.75 Å². The first-order chi connectivity index (χ1) is 8.16. The largest absolute Gasteiger partial charge is 0.490 e. The lowest BCUT2D eigenvalue weighted by molar-refractivity contribution is -0.138. The van der Waals surface area contributed by atoms with Gasteiger partial charge < -0.3 is 9.84 Å². The molecular weight excluding hydrogens is 262 g/mol. The van der Waals surface area contributed by atoms with E-state index >= 15 is 0 Å². The molecule has 1 saturated heterocycles. The van der Waals surface area contributed by atoms with E-state index in [0.29, 0.717) is 23.1 Å². The van der Waals surface area contributed by atoms with Crippen molar-refractivity contribution in [1.82, 2.24) is 5.32 Å². The van der Waals surface area contributed by atoms with Crippen LogP contribution in [0.4, 0.5) is 0 Å². The van der Waals surface area contributed by atoms with Crippen LogP contribution in [-0.4, -0.2) is 34.9 Å². The van der Waals surface area contributed by atoms with Crippen molar-refractivity contribution in [3.63, 3.8) is 0 Å². The van der Waals surface area contributed by atoms with E-state index in [1.54, 1.807) is 23.9 Å². The lowest BCUT2D eigenvalue weighted by Gasteiger charge is -2.13. The Morgan fingerprint density at radius 1 is 1.59 bits per heavy atom. The predicted molar refractivity (Wildman–Crippen MR) is 67.8 cm³/mol. The summed E-state index contributed by atoms with van der Waals surface area (Å²) in [5.74, 6) is 0.361. The molecule has 1 aromatic rings. The minimum Gasteiger partial charge on any atom is -0.490 e. The molecule has 1 aliphatic heterocycles. The Balaban J connectivity index is 1.84. The average Bonchev–Trinajstić information content (AvgIpc) is 2.77. The molecule has 0 spiro atoms. The van der Waals surface area contributed by atoms with Crippen molar-refractivity contribution in [2.45, 2.75) is 11.4 Å². The van der Waals surface area contributed by atoms with Gasteiger partial charge in [-0.1, -0.05) is 23.7 Å². The number of rotatable bonds is 4. The topological polar surface area (TPSA) is 58.6 Å². The van der Waals surface area contributed by atoms with Crippen LogP contribution in [0.5, 0.6) is 5.75 Å². The van der Waals surface area contributed by atoms with Gasteiger partial charge in [0.25, 0.3) is 0 Å². The average molecular weight is 274 g/mol. The number of benzene rings is 1. The van der Waals surface area contributed by atoms with Crippen LogP contribution in [0.3, 0.4) is 0 Å².